The van der Waals surface area contributed by atoms with Crippen LogP contribution in [0.25, 0.3) is 6.08 Å². The van der Waals surface area contributed by atoms with E-state index >= 15 is 0 Å². The molecule has 0 N–H and O–H groups in total. The van der Waals surface area contributed by atoms with Crippen molar-refractivity contribution in [3.8, 4) is 5.75 Å². The van der Waals surface area contributed by atoms with Crippen LogP contribution >= 0.6 is 0 Å². The second-order valence-electron chi connectivity index (χ2n) is 7.04. The smallest absolute Gasteiger partial charge is 0.335 e. The van der Waals surface area contributed by atoms with E-state index in [0.29, 0.717) is 24.8 Å². The molecule has 0 bridgehead atoms. The first kappa shape index (κ1) is 17.0. The molecule has 0 heterocycles. The van der Waals surface area contributed by atoms with Crippen LogP contribution in [0.1, 0.15) is 58.3 Å². The minimum absolute atomic E-state index is 0.0515. The zero-order chi connectivity index (χ0) is 18.5. The van der Waals surface area contributed by atoms with E-state index in [9.17, 15) is 13.2 Å². The number of Topliss-reactive ketones (excluding diaryl/α,β-unsaturated/α-hetero) is 1. The van der Waals surface area contributed by atoms with E-state index in [4.69, 9.17) is 4.18 Å². The number of allylic oxidation sites excluding steroid dienone is 1. The van der Waals surface area contributed by atoms with Crippen molar-refractivity contribution in [3.63, 3.8) is 0 Å². The third kappa shape index (κ3) is 2.76. The SMILES string of the molecule is Cc1ccc(OS(=O)(=O)C2=Cc3ccccc3CC2)c2c1C(C)CC2=O. The van der Waals surface area contributed by atoms with E-state index in [1.807, 2.05) is 44.2 Å². The molecule has 4 nitrogen and oxygen atoms in total. The lowest BCUT2D eigenvalue weighted by Crippen LogP contribution is -2.16. The van der Waals surface area contributed by atoms with Gasteiger partial charge in [0.1, 0.15) is 0 Å². The van der Waals surface area contributed by atoms with Crippen LogP contribution in [-0.4, -0.2) is 14.2 Å². The second-order valence-corrected chi connectivity index (χ2v) is 8.64. The number of hydrogen-bond acceptors (Lipinski definition) is 4. The Morgan fingerprint density at radius 2 is 1.85 bits per heavy atom. The van der Waals surface area contributed by atoms with Crippen LogP contribution in [0.3, 0.4) is 0 Å². The summed E-state index contributed by atoms with van der Waals surface area (Å²) in [5.74, 6) is 0.189. The summed E-state index contributed by atoms with van der Waals surface area (Å²) in [7, 11) is -3.95. The van der Waals surface area contributed by atoms with Crippen molar-refractivity contribution < 1.29 is 17.4 Å². The fourth-order valence-electron chi connectivity index (χ4n) is 3.95. The third-order valence-corrected chi connectivity index (χ3v) is 6.58. The summed E-state index contributed by atoms with van der Waals surface area (Å²) >= 11 is 0. The van der Waals surface area contributed by atoms with Crippen LogP contribution < -0.4 is 4.18 Å². The molecular weight excluding hydrogens is 348 g/mol. The van der Waals surface area contributed by atoms with E-state index in [2.05, 4.69) is 0 Å². The summed E-state index contributed by atoms with van der Waals surface area (Å²) in [4.78, 5) is 12.6. The summed E-state index contributed by atoms with van der Waals surface area (Å²) in [6.45, 7) is 3.92. The van der Waals surface area contributed by atoms with Crippen LogP contribution in [0, 0.1) is 6.92 Å². The Hall–Kier alpha value is -2.40. The van der Waals surface area contributed by atoms with Gasteiger partial charge in [0.15, 0.2) is 11.5 Å². The Balaban J connectivity index is 1.73. The first-order valence-corrected chi connectivity index (χ1v) is 10.2. The number of carbonyl (C=O) groups is 1. The normalized spacial score (nSPS) is 18.9. The number of ketones is 1. The molecule has 1 atom stereocenters. The van der Waals surface area contributed by atoms with Crippen LogP contribution in [0.4, 0.5) is 0 Å². The molecule has 5 heteroatoms. The molecule has 2 aliphatic rings. The van der Waals surface area contributed by atoms with E-state index in [1.165, 1.54) is 0 Å². The van der Waals surface area contributed by atoms with Crippen LogP contribution in [0.5, 0.6) is 5.75 Å². The summed E-state index contributed by atoms with van der Waals surface area (Å²) in [6.07, 6.45) is 3.13. The Morgan fingerprint density at radius 1 is 1.08 bits per heavy atom. The first-order valence-electron chi connectivity index (χ1n) is 8.76. The maximum atomic E-state index is 12.8. The largest absolute Gasteiger partial charge is 0.378 e. The molecule has 2 aromatic rings. The maximum absolute atomic E-state index is 12.8. The summed E-state index contributed by atoms with van der Waals surface area (Å²) in [5.41, 5.74) is 4.36. The number of fused-ring (bicyclic) bond motifs is 2. The standard InChI is InChI=1S/C21H20O4S/c1-13-7-10-19(21-18(22)11-14(2)20(13)21)25-26(23,24)17-9-8-15-5-3-4-6-16(15)12-17/h3-7,10,12,14H,8-9,11H2,1-2H3. The Morgan fingerprint density at radius 3 is 2.65 bits per heavy atom. The first-order chi connectivity index (χ1) is 12.4. The molecule has 0 saturated heterocycles. The maximum Gasteiger partial charge on any atom is 0.335 e. The minimum atomic E-state index is -3.95. The number of rotatable bonds is 3. The lowest BCUT2D eigenvalue weighted by Gasteiger charge is -2.18. The Bertz CT molecular complexity index is 1050. The van der Waals surface area contributed by atoms with Gasteiger partial charge in [0.25, 0.3) is 0 Å². The van der Waals surface area contributed by atoms with Gasteiger partial charge >= 0.3 is 10.1 Å². The summed E-state index contributed by atoms with van der Waals surface area (Å²) < 4.78 is 31.1. The predicted molar refractivity (Wildman–Crippen MR) is 101 cm³/mol. The third-order valence-electron chi connectivity index (χ3n) is 5.22. The van der Waals surface area contributed by atoms with E-state index in [0.717, 1.165) is 22.3 Å². The average Bonchev–Trinajstić information content (AvgIpc) is 2.92. The van der Waals surface area contributed by atoms with E-state index < -0.39 is 10.1 Å². The van der Waals surface area contributed by atoms with Gasteiger partial charge in [0.05, 0.1) is 10.5 Å². The highest BCUT2D eigenvalue weighted by molar-refractivity contribution is 7.91. The summed E-state index contributed by atoms with van der Waals surface area (Å²) in [5, 5.41) is 0. The number of aryl methyl sites for hydroxylation is 2. The van der Waals surface area contributed by atoms with Gasteiger partial charge in [-0.3, -0.25) is 4.79 Å². The molecule has 0 saturated carbocycles. The molecule has 0 fully saturated rings. The van der Waals surface area contributed by atoms with Crippen LogP contribution in [-0.2, 0) is 16.5 Å². The van der Waals surface area contributed by atoms with E-state index in [1.54, 1.807) is 12.1 Å². The van der Waals surface area contributed by atoms with Crippen molar-refractivity contribution in [3.05, 3.63) is 69.1 Å². The van der Waals surface area contributed by atoms with Crippen molar-refractivity contribution in [2.45, 2.75) is 39.0 Å². The molecule has 0 amide bonds. The number of benzene rings is 2. The van der Waals surface area contributed by atoms with Crippen molar-refractivity contribution >= 4 is 22.0 Å². The highest BCUT2D eigenvalue weighted by Crippen LogP contribution is 2.41. The Kier molecular flexibility index (Phi) is 3.99. The molecule has 2 aromatic carbocycles. The van der Waals surface area contributed by atoms with Crippen molar-refractivity contribution in [1.29, 1.82) is 0 Å². The van der Waals surface area contributed by atoms with Gasteiger partial charge in [-0.05, 0) is 60.1 Å². The number of hydrogen-bond donors (Lipinski definition) is 0. The van der Waals surface area contributed by atoms with Gasteiger partial charge in [-0.25, -0.2) is 0 Å². The molecule has 0 aromatic heterocycles. The van der Waals surface area contributed by atoms with Gasteiger partial charge in [-0.15, -0.1) is 0 Å². The average molecular weight is 368 g/mol. The molecule has 0 spiro atoms. The van der Waals surface area contributed by atoms with Gasteiger partial charge < -0.3 is 4.18 Å². The van der Waals surface area contributed by atoms with Gasteiger partial charge in [-0.2, -0.15) is 8.42 Å². The highest BCUT2D eigenvalue weighted by Gasteiger charge is 2.33. The Labute approximate surface area is 153 Å². The number of carbonyl (C=O) groups excluding carboxylic acids is 1. The van der Waals surface area contributed by atoms with Crippen LogP contribution in [0.15, 0.2) is 41.3 Å². The minimum Gasteiger partial charge on any atom is -0.378 e. The van der Waals surface area contributed by atoms with Crippen molar-refractivity contribution in [2.24, 2.45) is 0 Å². The molecule has 0 aliphatic heterocycles. The van der Waals surface area contributed by atoms with Gasteiger partial charge in [0.2, 0.25) is 0 Å². The predicted octanol–water partition coefficient (Wildman–Crippen LogP) is 4.38. The zero-order valence-corrected chi connectivity index (χ0v) is 15.6. The van der Waals surface area contributed by atoms with Crippen molar-refractivity contribution in [2.75, 3.05) is 0 Å². The highest BCUT2D eigenvalue weighted by atomic mass is 32.2. The zero-order valence-electron chi connectivity index (χ0n) is 14.8. The lowest BCUT2D eigenvalue weighted by molar-refractivity contribution is 0.0989. The lowest BCUT2D eigenvalue weighted by atomic mass is 9.98. The molecule has 1 unspecified atom stereocenters. The molecule has 26 heavy (non-hydrogen) atoms. The van der Waals surface area contributed by atoms with Crippen LogP contribution in [0.2, 0.25) is 0 Å². The fraction of sp³-hybridized carbons (Fsp3) is 0.286. The molecule has 4 rings (SSSR count). The molecule has 134 valence electrons. The molecular formula is C21H20O4S. The quantitative estimate of drug-likeness (QED) is 0.754. The van der Waals surface area contributed by atoms with Gasteiger partial charge in [-0.1, -0.05) is 37.3 Å². The summed E-state index contributed by atoms with van der Waals surface area (Å²) in [6, 6.07) is 11.2. The van der Waals surface area contributed by atoms with Gasteiger partial charge in [0, 0.05) is 6.42 Å². The second kappa shape index (κ2) is 6.09. The van der Waals surface area contributed by atoms with Crippen molar-refractivity contribution in [1.82, 2.24) is 0 Å². The molecule has 0 radical (unpaired) electrons. The van der Waals surface area contributed by atoms with E-state index in [-0.39, 0.29) is 22.4 Å². The topological polar surface area (TPSA) is 60.4 Å². The monoisotopic (exact) mass is 368 g/mol. The fourth-order valence-corrected chi connectivity index (χ4v) is 5.06. The molecule has 2 aliphatic carbocycles.